The number of carbonyl (C=O) groups is 3. The Hall–Kier alpha value is -3.77. The summed E-state index contributed by atoms with van der Waals surface area (Å²) in [5.74, 6) is 2.09. The number of methoxy groups -OCH3 is 1. The molecule has 0 spiro atoms. The maximum absolute atomic E-state index is 12.7. The Kier molecular flexibility index (Phi) is 7.18. The first-order chi connectivity index (χ1) is 15.3. The van der Waals surface area contributed by atoms with E-state index >= 15 is 0 Å². The number of anilines is 1. The lowest BCUT2D eigenvalue weighted by Gasteiger charge is -2.12. The number of imide groups is 1. The second kappa shape index (κ2) is 10.0. The summed E-state index contributed by atoms with van der Waals surface area (Å²) in [6.07, 6.45) is 6.71. The number of halogens is 1. The predicted octanol–water partition coefficient (Wildman–Crippen LogP) is 3.31. The molecule has 2 aromatic carbocycles. The molecule has 4 amide bonds. The molecule has 1 aliphatic heterocycles. The van der Waals surface area contributed by atoms with Crippen LogP contribution in [0.1, 0.15) is 11.1 Å². The molecule has 0 atom stereocenters. The molecule has 3 rings (SSSR count). The molecule has 1 heterocycles. The van der Waals surface area contributed by atoms with Crippen LogP contribution in [-0.4, -0.2) is 43.0 Å². The lowest BCUT2D eigenvalue weighted by Crippen LogP contribution is -2.38. The lowest BCUT2D eigenvalue weighted by atomic mass is 10.1. The highest BCUT2D eigenvalue weighted by Crippen LogP contribution is 2.37. The van der Waals surface area contributed by atoms with Gasteiger partial charge in [-0.1, -0.05) is 23.6 Å². The van der Waals surface area contributed by atoms with Gasteiger partial charge in [-0.2, -0.15) is 0 Å². The van der Waals surface area contributed by atoms with Gasteiger partial charge in [0.25, 0.3) is 5.91 Å². The summed E-state index contributed by atoms with van der Waals surface area (Å²) in [7, 11) is 1.47. The van der Waals surface area contributed by atoms with Crippen LogP contribution in [0.25, 0.3) is 6.08 Å². The number of urea groups is 1. The number of hydrogen-bond donors (Lipinski definition) is 2. The van der Waals surface area contributed by atoms with Gasteiger partial charge in [-0.25, -0.2) is 9.69 Å². The van der Waals surface area contributed by atoms with Gasteiger partial charge < -0.3 is 20.1 Å². The Labute approximate surface area is 193 Å². The van der Waals surface area contributed by atoms with E-state index in [1.54, 1.807) is 24.3 Å². The molecule has 32 heavy (non-hydrogen) atoms. The highest BCUT2D eigenvalue weighted by molar-refractivity contribution is 9.10. The number of nitrogens with one attached hydrogen (secondary N) is 2. The minimum atomic E-state index is -0.680. The monoisotopic (exact) mass is 497 g/mol. The van der Waals surface area contributed by atoms with E-state index in [0.717, 1.165) is 10.5 Å². The van der Waals surface area contributed by atoms with Crippen molar-refractivity contribution in [3.63, 3.8) is 0 Å². The van der Waals surface area contributed by atoms with Gasteiger partial charge in [-0.05, 0) is 58.8 Å². The summed E-state index contributed by atoms with van der Waals surface area (Å²) in [5.41, 5.74) is 2.22. The van der Waals surface area contributed by atoms with Gasteiger partial charge in [0, 0.05) is 5.69 Å². The van der Waals surface area contributed by atoms with Crippen LogP contribution in [0.3, 0.4) is 0 Å². The smallest absolute Gasteiger partial charge is 0.329 e. The van der Waals surface area contributed by atoms with E-state index in [9.17, 15) is 14.4 Å². The van der Waals surface area contributed by atoms with Gasteiger partial charge in [0.1, 0.15) is 18.8 Å². The van der Waals surface area contributed by atoms with Gasteiger partial charge >= 0.3 is 6.03 Å². The molecule has 0 saturated carbocycles. The summed E-state index contributed by atoms with van der Waals surface area (Å²) in [6.45, 7) is 1.57. The van der Waals surface area contributed by atoms with Crippen molar-refractivity contribution in [2.75, 3.05) is 25.6 Å². The van der Waals surface area contributed by atoms with Crippen LogP contribution in [0, 0.1) is 19.3 Å². The minimum Gasteiger partial charge on any atom is -0.493 e. The van der Waals surface area contributed by atoms with Crippen molar-refractivity contribution >= 4 is 45.5 Å². The van der Waals surface area contributed by atoms with Crippen LogP contribution in [-0.2, 0) is 9.59 Å². The summed E-state index contributed by atoms with van der Waals surface area (Å²) in [4.78, 5) is 38.1. The minimum absolute atomic E-state index is 0.0318. The zero-order valence-corrected chi connectivity index (χ0v) is 19.0. The Morgan fingerprint density at radius 2 is 2.00 bits per heavy atom. The SMILES string of the molecule is C#CCOc1c(Br)cc(C=C2NC(=O)N(CC(=O)Nc3ccc(C)cc3)C2=O)cc1OC. The van der Waals surface area contributed by atoms with Crippen molar-refractivity contribution in [1.29, 1.82) is 0 Å². The van der Waals surface area contributed by atoms with Crippen molar-refractivity contribution in [2.45, 2.75) is 6.92 Å². The molecule has 0 unspecified atom stereocenters. The van der Waals surface area contributed by atoms with Crippen LogP contribution in [0.4, 0.5) is 10.5 Å². The van der Waals surface area contributed by atoms with Gasteiger partial charge in [0.05, 0.1) is 11.6 Å². The Morgan fingerprint density at radius 1 is 1.28 bits per heavy atom. The van der Waals surface area contributed by atoms with Gasteiger partial charge in [0.15, 0.2) is 11.5 Å². The molecule has 1 saturated heterocycles. The fraction of sp³-hybridized carbons (Fsp3) is 0.174. The predicted molar refractivity (Wildman–Crippen MR) is 123 cm³/mol. The summed E-state index contributed by atoms with van der Waals surface area (Å²) < 4.78 is 11.4. The topological polar surface area (TPSA) is 97.0 Å². The average Bonchev–Trinajstić information content (AvgIpc) is 3.01. The third-order valence-electron chi connectivity index (χ3n) is 4.46. The summed E-state index contributed by atoms with van der Waals surface area (Å²) in [5, 5.41) is 5.15. The van der Waals surface area contributed by atoms with Gasteiger partial charge in [0.2, 0.25) is 5.91 Å². The number of nitrogens with zero attached hydrogens (tertiary/aromatic N) is 1. The number of amides is 4. The van der Waals surface area contributed by atoms with Crippen LogP contribution in [0.5, 0.6) is 11.5 Å². The zero-order chi connectivity index (χ0) is 23.3. The number of terminal acetylenes is 1. The van der Waals surface area contributed by atoms with Crippen molar-refractivity contribution in [1.82, 2.24) is 10.2 Å². The Balaban J connectivity index is 1.75. The second-order valence-electron chi connectivity index (χ2n) is 6.82. The van der Waals surface area contributed by atoms with Crippen LogP contribution < -0.4 is 20.1 Å². The van der Waals surface area contributed by atoms with Crippen LogP contribution in [0.15, 0.2) is 46.6 Å². The largest absolute Gasteiger partial charge is 0.493 e. The fourth-order valence-corrected chi connectivity index (χ4v) is 3.51. The summed E-state index contributed by atoms with van der Waals surface area (Å²) >= 11 is 3.39. The van der Waals surface area contributed by atoms with E-state index in [1.807, 2.05) is 19.1 Å². The molecule has 2 N–H and O–H groups in total. The van der Waals surface area contributed by atoms with E-state index in [4.69, 9.17) is 15.9 Å². The molecule has 9 heteroatoms. The number of aryl methyl sites for hydroxylation is 1. The maximum atomic E-state index is 12.7. The third kappa shape index (κ3) is 5.28. The Morgan fingerprint density at radius 3 is 2.66 bits per heavy atom. The molecule has 2 aromatic rings. The lowest BCUT2D eigenvalue weighted by molar-refractivity contribution is -0.127. The first-order valence-corrected chi connectivity index (χ1v) is 10.3. The van der Waals surface area contributed by atoms with Crippen molar-refractivity contribution in [3.05, 3.63) is 57.7 Å². The first-order valence-electron chi connectivity index (χ1n) is 9.47. The number of hydrogen-bond acceptors (Lipinski definition) is 5. The van der Waals surface area contributed by atoms with Gasteiger partial charge in [-0.3, -0.25) is 9.59 Å². The normalized spacial score (nSPS) is 14.2. The molecule has 1 fully saturated rings. The van der Waals surface area contributed by atoms with Gasteiger partial charge in [-0.15, -0.1) is 6.42 Å². The molecule has 164 valence electrons. The van der Waals surface area contributed by atoms with E-state index < -0.39 is 24.4 Å². The molecule has 0 radical (unpaired) electrons. The quantitative estimate of drug-likeness (QED) is 0.347. The molecule has 1 aliphatic rings. The summed E-state index contributed by atoms with van der Waals surface area (Å²) in [6, 6.07) is 9.82. The van der Waals surface area contributed by atoms with E-state index in [2.05, 4.69) is 32.5 Å². The molecule has 0 aromatic heterocycles. The second-order valence-corrected chi connectivity index (χ2v) is 7.67. The van der Waals surface area contributed by atoms with Crippen LogP contribution in [0.2, 0.25) is 0 Å². The number of benzene rings is 2. The number of carbonyl (C=O) groups excluding carboxylic acids is 3. The number of rotatable bonds is 7. The average molecular weight is 498 g/mol. The van der Waals surface area contributed by atoms with E-state index in [1.165, 1.54) is 13.2 Å². The fourth-order valence-electron chi connectivity index (χ4n) is 2.94. The maximum Gasteiger partial charge on any atom is 0.329 e. The van der Waals surface area contributed by atoms with Crippen LogP contribution >= 0.6 is 15.9 Å². The molecule has 0 bridgehead atoms. The van der Waals surface area contributed by atoms with E-state index in [-0.39, 0.29) is 12.3 Å². The number of ether oxygens (including phenoxy) is 2. The molecule has 8 nitrogen and oxygen atoms in total. The van der Waals surface area contributed by atoms with E-state index in [0.29, 0.717) is 27.2 Å². The van der Waals surface area contributed by atoms with Crippen molar-refractivity contribution < 1.29 is 23.9 Å². The molecular formula is C23H20BrN3O5. The molecular weight excluding hydrogens is 478 g/mol. The zero-order valence-electron chi connectivity index (χ0n) is 17.4. The highest BCUT2D eigenvalue weighted by Gasteiger charge is 2.35. The van der Waals surface area contributed by atoms with Crippen molar-refractivity contribution in [2.24, 2.45) is 0 Å². The Bertz CT molecular complexity index is 1140. The third-order valence-corrected chi connectivity index (χ3v) is 5.05. The molecule has 0 aliphatic carbocycles. The first kappa shape index (κ1) is 22.9. The van der Waals surface area contributed by atoms with Crippen molar-refractivity contribution in [3.8, 4) is 23.8 Å². The standard InChI is InChI=1S/C23H20BrN3O5/c1-4-9-32-21-17(24)10-15(12-19(21)31-3)11-18-22(29)27(23(30)26-18)13-20(28)25-16-7-5-14(2)6-8-16/h1,5-8,10-12H,9,13H2,2-3H3,(H,25,28)(H,26,30). The highest BCUT2D eigenvalue weighted by atomic mass is 79.9.